The van der Waals surface area contributed by atoms with Gasteiger partial charge in [-0.05, 0) is 42.2 Å². The number of aryl methyl sites for hydroxylation is 1. The molecule has 2 fully saturated rings. The zero-order valence-electron chi connectivity index (χ0n) is 17.3. The predicted molar refractivity (Wildman–Crippen MR) is 113 cm³/mol. The monoisotopic (exact) mass is 426 g/mol. The van der Waals surface area contributed by atoms with Crippen molar-refractivity contribution >= 4 is 11.6 Å². The average molecular weight is 426 g/mol. The molecule has 0 unspecified atom stereocenters. The third-order valence-electron chi connectivity index (χ3n) is 6.84. The highest BCUT2D eigenvalue weighted by Gasteiger charge is 2.52. The molecule has 0 radical (unpaired) electrons. The second kappa shape index (κ2) is 7.89. The summed E-state index contributed by atoms with van der Waals surface area (Å²) in [5, 5.41) is 24.8. The van der Waals surface area contributed by atoms with E-state index in [-0.39, 0.29) is 29.5 Å². The van der Waals surface area contributed by atoms with Gasteiger partial charge in [-0.15, -0.1) is 0 Å². The van der Waals surface area contributed by atoms with Crippen LogP contribution in [-0.4, -0.2) is 52.4 Å². The minimum Gasteiger partial charge on any atom is -0.487 e. The van der Waals surface area contributed by atoms with E-state index in [0.717, 1.165) is 16.8 Å². The summed E-state index contributed by atoms with van der Waals surface area (Å²) in [4.78, 5) is 13.6. The lowest BCUT2D eigenvalue weighted by atomic mass is 9.95. The summed E-state index contributed by atoms with van der Waals surface area (Å²) in [6.07, 6.45) is 1.37. The molecule has 31 heavy (non-hydrogen) atoms. The molecular weight excluding hydrogens is 399 g/mol. The maximum absolute atomic E-state index is 13.9. The van der Waals surface area contributed by atoms with Gasteiger partial charge in [0.05, 0.1) is 11.7 Å². The number of carbonyl (C=O) groups is 1. The molecule has 1 aliphatic carbocycles. The van der Waals surface area contributed by atoms with Crippen molar-refractivity contribution in [3.8, 4) is 5.75 Å². The Labute approximate surface area is 180 Å². The fraction of sp³-hybridized carbons (Fsp3) is 0.458. The third kappa shape index (κ3) is 4.05. The topological polar surface area (TPSA) is 82.0 Å². The zero-order valence-corrected chi connectivity index (χ0v) is 17.3. The number of para-hydroxylation sites is 1. The smallest absolute Gasteiger partial charge is 0.224 e. The molecule has 2 aliphatic heterocycles. The number of anilines is 1. The molecule has 2 aromatic rings. The molecule has 5 rings (SSSR count). The molecule has 1 saturated heterocycles. The van der Waals surface area contributed by atoms with Crippen LogP contribution in [0.3, 0.4) is 0 Å². The second-order valence-corrected chi connectivity index (χ2v) is 9.09. The molecule has 4 atom stereocenters. The largest absolute Gasteiger partial charge is 0.487 e. The maximum Gasteiger partial charge on any atom is 0.224 e. The molecule has 164 valence electrons. The van der Waals surface area contributed by atoms with Crippen LogP contribution in [0.4, 0.5) is 10.1 Å². The third-order valence-corrected chi connectivity index (χ3v) is 6.84. The highest BCUT2D eigenvalue weighted by molar-refractivity contribution is 5.93. The maximum atomic E-state index is 13.9. The summed E-state index contributed by atoms with van der Waals surface area (Å²) in [5.74, 6) is -0.0991. The number of fused-ring (bicyclic) bond motifs is 2. The lowest BCUT2D eigenvalue weighted by Crippen LogP contribution is -2.36. The van der Waals surface area contributed by atoms with Crippen LogP contribution in [0.25, 0.3) is 0 Å². The first-order valence-corrected chi connectivity index (χ1v) is 10.9. The summed E-state index contributed by atoms with van der Waals surface area (Å²) in [7, 11) is 0. The lowest BCUT2D eigenvalue weighted by Gasteiger charge is -2.25. The molecule has 0 spiro atoms. The average Bonchev–Trinajstić information content (AvgIpc) is 3.19. The number of carbonyl (C=O) groups excluding carboxylic acids is 1. The van der Waals surface area contributed by atoms with E-state index in [4.69, 9.17) is 4.74 Å². The number of hydrogen-bond acceptors (Lipinski definition) is 5. The second-order valence-electron chi connectivity index (χ2n) is 9.09. The molecule has 6 nitrogen and oxygen atoms in total. The summed E-state index contributed by atoms with van der Waals surface area (Å²) in [5.41, 5.74) is 1.80. The molecular formula is C24H27FN2O4. The number of benzene rings is 2. The number of ether oxygens (including phenoxy) is 1. The summed E-state index contributed by atoms with van der Waals surface area (Å²) >= 11 is 0. The van der Waals surface area contributed by atoms with Gasteiger partial charge in [0, 0.05) is 44.1 Å². The van der Waals surface area contributed by atoms with Crippen LogP contribution in [-0.2, 0) is 11.2 Å². The zero-order chi connectivity index (χ0) is 21.6. The van der Waals surface area contributed by atoms with Crippen LogP contribution in [0.1, 0.15) is 36.5 Å². The van der Waals surface area contributed by atoms with Gasteiger partial charge in [0.25, 0.3) is 0 Å². The fourth-order valence-electron chi connectivity index (χ4n) is 5.29. The van der Waals surface area contributed by atoms with Crippen LogP contribution < -0.4 is 10.1 Å². The minimum atomic E-state index is -0.879. The molecule has 0 aromatic heterocycles. The van der Waals surface area contributed by atoms with E-state index in [1.807, 2.05) is 18.2 Å². The van der Waals surface area contributed by atoms with E-state index < -0.39 is 11.7 Å². The van der Waals surface area contributed by atoms with Crippen molar-refractivity contribution in [2.75, 3.05) is 25.0 Å². The van der Waals surface area contributed by atoms with Crippen LogP contribution in [0.2, 0.25) is 0 Å². The Hall–Kier alpha value is -2.48. The number of rotatable bonds is 5. The molecule has 2 heterocycles. The number of β-amino-alcohol motifs (C(OH)–C–C–N with tert-alkyl or cyclic N) is 2. The Kier molecular flexibility index (Phi) is 5.20. The highest BCUT2D eigenvalue weighted by atomic mass is 19.1. The van der Waals surface area contributed by atoms with Crippen molar-refractivity contribution in [1.82, 2.24) is 4.90 Å². The first-order chi connectivity index (χ1) is 14.9. The number of aliphatic hydroxyl groups excluding tert-OH is 1. The van der Waals surface area contributed by atoms with E-state index in [1.54, 1.807) is 18.2 Å². The van der Waals surface area contributed by atoms with E-state index in [2.05, 4.69) is 10.2 Å². The molecule has 2 aromatic carbocycles. The first kappa shape index (κ1) is 20.4. The van der Waals surface area contributed by atoms with Crippen molar-refractivity contribution in [2.45, 2.75) is 43.5 Å². The van der Waals surface area contributed by atoms with E-state index in [1.165, 1.54) is 6.07 Å². The quantitative estimate of drug-likeness (QED) is 0.685. The molecule has 1 amide bonds. The van der Waals surface area contributed by atoms with E-state index >= 15 is 0 Å². The summed E-state index contributed by atoms with van der Waals surface area (Å²) in [6.45, 7) is 1.57. The van der Waals surface area contributed by atoms with Crippen molar-refractivity contribution < 1.29 is 24.1 Å². The van der Waals surface area contributed by atoms with Gasteiger partial charge < -0.3 is 20.3 Å². The van der Waals surface area contributed by atoms with Crippen molar-refractivity contribution in [3.63, 3.8) is 0 Å². The summed E-state index contributed by atoms with van der Waals surface area (Å²) < 4.78 is 19.7. The number of amides is 1. The van der Waals surface area contributed by atoms with Crippen LogP contribution in [0.15, 0.2) is 42.5 Å². The number of hydrogen-bond donors (Lipinski definition) is 3. The standard InChI is InChI=1S/C24H27FN2O4/c25-19-3-1-2-4-22(19)31-18-10-17-12-27(14-24(17,30)11-18)13-21(28)16-5-7-20-15(9-16)6-8-23(29)26-20/h1-5,7,9,17-18,21,28,30H,6,8,10-14H2,(H,26,29)/t17-,18-,21-,24+/m1/s1. The van der Waals surface area contributed by atoms with Crippen molar-refractivity contribution in [3.05, 3.63) is 59.4 Å². The predicted octanol–water partition coefficient (Wildman–Crippen LogP) is 2.65. The molecule has 0 bridgehead atoms. The molecule has 3 aliphatic rings. The Balaban J connectivity index is 1.19. The van der Waals surface area contributed by atoms with Gasteiger partial charge in [-0.25, -0.2) is 4.39 Å². The van der Waals surface area contributed by atoms with Gasteiger partial charge in [0.2, 0.25) is 5.91 Å². The highest BCUT2D eigenvalue weighted by Crippen LogP contribution is 2.43. The summed E-state index contributed by atoms with van der Waals surface area (Å²) in [6, 6.07) is 12.0. The van der Waals surface area contributed by atoms with Gasteiger partial charge in [-0.3, -0.25) is 9.69 Å². The Morgan fingerprint density at radius 1 is 1.26 bits per heavy atom. The lowest BCUT2D eigenvalue weighted by molar-refractivity contribution is -0.116. The van der Waals surface area contributed by atoms with E-state index in [9.17, 15) is 19.4 Å². The van der Waals surface area contributed by atoms with Gasteiger partial charge in [0.1, 0.15) is 6.10 Å². The Morgan fingerprint density at radius 3 is 2.90 bits per heavy atom. The number of halogens is 1. The first-order valence-electron chi connectivity index (χ1n) is 10.9. The van der Waals surface area contributed by atoms with Crippen molar-refractivity contribution in [1.29, 1.82) is 0 Å². The minimum absolute atomic E-state index is 0.0231. The number of aliphatic hydroxyl groups is 2. The van der Waals surface area contributed by atoms with Crippen LogP contribution >= 0.6 is 0 Å². The number of nitrogens with one attached hydrogen (secondary N) is 1. The number of likely N-dealkylation sites (tertiary alicyclic amines) is 1. The fourth-order valence-corrected chi connectivity index (χ4v) is 5.29. The van der Waals surface area contributed by atoms with Gasteiger partial charge >= 0.3 is 0 Å². The Morgan fingerprint density at radius 2 is 2.10 bits per heavy atom. The van der Waals surface area contributed by atoms with Gasteiger partial charge in [-0.2, -0.15) is 0 Å². The van der Waals surface area contributed by atoms with E-state index in [0.29, 0.717) is 45.3 Å². The SMILES string of the molecule is O=C1CCc2cc([C@H](O)CN3C[C@H]4C[C@@H](Oc5ccccc5F)C[C@]4(O)C3)ccc2N1. The molecule has 3 N–H and O–H groups in total. The van der Waals surface area contributed by atoms with Gasteiger partial charge in [-0.1, -0.05) is 24.3 Å². The number of nitrogens with zero attached hydrogens (tertiary/aromatic N) is 1. The van der Waals surface area contributed by atoms with Crippen molar-refractivity contribution in [2.24, 2.45) is 5.92 Å². The normalized spacial score (nSPS) is 28.7. The molecule has 1 saturated carbocycles. The van der Waals surface area contributed by atoms with Crippen LogP contribution in [0, 0.1) is 11.7 Å². The Bertz CT molecular complexity index is 999. The molecule has 7 heteroatoms. The van der Waals surface area contributed by atoms with Gasteiger partial charge in [0.15, 0.2) is 11.6 Å². The van der Waals surface area contributed by atoms with Crippen LogP contribution in [0.5, 0.6) is 5.75 Å².